The van der Waals surface area contributed by atoms with Crippen molar-refractivity contribution in [1.82, 2.24) is 0 Å². The Labute approximate surface area is 118 Å². The highest BCUT2D eigenvalue weighted by molar-refractivity contribution is 7.99. The molecule has 0 aromatic heterocycles. The van der Waals surface area contributed by atoms with Gasteiger partial charge in [0.25, 0.3) is 0 Å². The molecule has 0 radical (unpaired) electrons. The van der Waals surface area contributed by atoms with Crippen molar-refractivity contribution in [2.75, 3.05) is 5.75 Å². The van der Waals surface area contributed by atoms with Crippen molar-refractivity contribution in [3.63, 3.8) is 0 Å². The molecule has 1 fully saturated rings. The van der Waals surface area contributed by atoms with Crippen LogP contribution in [0.25, 0.3) is 0 Å². The molecule has 0 aromatic rings. The summed E-state index contributed by atoms with van der Waals surface area (Å²) in [5, 5.41) is 29.7. The third-order valence-corrected chi connectivity index (χ3v) is 4.26. The zero-order chi connectivity index (χ0) is 14.4. The zero-order valence-electron chi connectivity index (χ0n) is 10.9. The molecule has 1 aliphatic rings. The Bertz CT molecular complexity index is 302. The molecule has 6 atom stereocenters. The molecular formula is C13H23NO4S. The summed E-state index contributed by atoms with van der Waals surface area (Å²) in [6.07, 6.45) is 0.368. The minimum absolute atomic E-state index is 0.461. The summed E-state index contributed by atoms with van der Waals surface area (Å²) < 4.78 is 5.64. The van der Waals surface area contributed by atoms with Crippen LogP contribution in [0.1, 0.15) is 12.8 Å². The molecule has 1 heterocycles. The molecule has 0 aliphatic carbocycles. The molecule has 6 heteroatoms. The Morgan fingerprint density at radius 3 is 2.42 bits per heavy atom. The van der Waals surface area contributed by atoms with Crippen molar-refractivity contribution < 1.29 is 20.1 Å². The summed E-state index contributed by atoms with van der Waals surface area (Å²) in [6.45, 7) is 7.21. The van der Waals surface area contributed by atoms with Crippen molar-refractivity contribution in [3.05, 3.63) is 25.3 Å². The maximum atomic E-state index is 9.92. The van der Waals surface area contributed by atoms with E-state index >= 15 is 0 Å². The van der Waals surface area contributed by atoms with Gasteiger partial charge in [-0.1, -0.05) is 12.2 Å². The second-order valence-corrected chi connectivity index (χ2v) is 5.78. The zero-order valence-corrected chi connectivity index (χ0v) is 11.7. The summed E-state index contributed by atoms with van der Waals surface area (Å²) in [5.41, 5.74) is 5.30. The van der Waals surface area contributed by atoms with E-state index in [0.717, 1.165) is 12.2 Å². The summed E-state index contributed by atoms with van der Waals surface area (Å²) in [5.74, 6) is 0.720. The molecule has 110 valence electrons. The average Bonchev–Trinajstić information content (AvgIpc) is 2.39. The quantitative estimate of drug-likeness (QED) is 0.389. The maximum Gasteiger partial charge on any atom is 0.132 e. The monoisotopic (exact) mass is 289 g/mol. The van der Waals surface area contributed by atoms with E-state index in [4.69, 9.17) is 10.5 Å². The Balaban J connectivity index is 2.67. The predicted octanol–water partition coefficient (Wildman–Crippen LogP) is 0.00670. The normalized spacial score (nSPS) is 36.7. The van der Waals surface area contributed by atoms with Crippen molar-refractivity contribution in [3.8, 4) is 0 Å². The van der Waals surface area contributed by atoms with Gasteiger partial charge in [-0.2, -0.15) is 0 Å². The number of allylic oxidation sites excluding steroid dienone is 1. The van der Waals surface area contributed by atoms with Gasteiger partial charge in [0.15, 0.2) is 0 Å². The van der Waals surface area contributed by atoms with Crippen LogP contribution in [-0.4, -0.2) is 57.0 Å². The smallest absolute Gasteiger partial charge is 0.132 e. The summed E-state index contributed by atoms with van der Waals surface area (Å²) >= 11 is 1.38. The van der Waals surface area contributed by atoms with Crippen molar-refractivity contribution in [2.45, 2.75) is 48.7 Å². The lowest BCUT2D eigenvalue weighted by molar-refractivity contribution is -0.202. The lowest BCUT2D eigenvalue weighted by Crippen LogP contribution is -2.61. The molecule has 1 aliphatic heterocycles. The van der Waals surface area contributed by atoms with Crippen LogP contribution in [0.15, 0.2) is 25.3 Å². The molecule has 19 heavy (non-hydrogen) atoms. The van der Waals surface area contributed by atoms with E-state index in [1.54, 1.807) is 12.2 Å². The SMILES string of the molecule is C=CCCSC1OC([C@H](N)CC=C)C(O)C(O)C1O. The Morgan fingerprint density at radius 1 is 1.16 bits per heavy atom. The largest absolute Gasteiger partial charge is 0.388 e. The van der Waals surface area contributed by atoms with Gasteiger partial charge in [-0.15, -0.1) is 24.9 Å². The van der Waals surface area contributed by atoms with Crippen LogP contribution >= 0.6 is 11.8 Å². The molecule has 1 rings (SSSR count). The van der Waals surface area contributed by atoms with E-state index in [9.17, 15) is 15.3 Å². The molecular weight excluding hydrogens is 266 g/mol. The highest BCUT2D eigenvalue weighted by Crippen LogP contribution is 2.30. The minimum Gasteiger partial charge on any atom is -0.388 e. The molecule has 0 bridgehead atoms. The second-order valence-electron chi connectivity index (χ2n) is 4.58. The summed E-state index contributed by atoms with van der Waals surface area (Å²) in [6, 6.07) is -0.461. The Kier molecular flexibility index (Phi) is 7.06. The van der Waals surface area contributed by atoms with Gasteiger partial charge in [0, 0.05) is 6.04 Å². The van der Waals surface area contributed by atoms with E-state index in [-0.39, 0.29) is 0 Å². The maximum absolute atomic E-state index is 9.92. The van der Waals surface area contributed by atoms with Crippen LogP contribution < -0.4 is 5.73 Å². The third kappa shape index (κ3) is 4.30. The second kappa shape index (κ2) is 8.04. The lowest BCUT2D eigenvalue weighted by Gasteiger charge is -2.42. The fourth-order valence-electron chi connectivity index (χ4n) is 1.96. The highest BCUT2D eigenvalue weighted by atomic mass is 32.2. The summed E-state index contributed by atoms with van der Waals surface area (Å²) in [7, 11) is 0. The lowest BCUT2D eigenvalue weighted by atomic mass is 9.94. The van der Waals surface area contributed by atoms with Gasteiger partial charge in [-0.05, 0) is 18.6 Å². The number of aliphatic hydroxyl groups is 3. The Morgan fingerprint density at radius 2 is 1.84 bits per heavy atom. The molecule has 0 saturated carbocycles. The summed E-state index contributed by atoms with van der Waals surface area (Å²) in [4.78, 5) is 0. The number of aliphatic hydroxyl groups excluding tert-OH is 3. The molecule has 5 unspecified atom stereocenters. The van der Waals surface area contributed by atoms with Crippen molar-refractivity contribution in [1.29, 1.82) is 0 Å². The van der Waals surface area contributed by atoms with Gasteiger partial charge in [-0.3, -0.25) is 0 Å². The van der Waals surface area contributed by atoms with Crippen LogP contribution in [0.3, 0.4) is 0 Å². The first kappa shape index (κ1) is 16.7. The van der Waals surface area contributed by atoms with E-state index < -0.39 is 35.9 Å². The topological polar surface area (TPSA) is 95.9 Å². The Hall–Kier alpha value is -0.370. The predicted molar refractivity (Wildman–Crippen MR) is 76.7 cm³/mol. The molecule has 0 spiro atoms. The number of ether oxygens (including phenoxy) is 1. The van der Waals surface area contributed by atoms with Gasteiger partial charge in [0.05, 0.1) is 0 Å². The van der Waals surface area contributed by atoms with Crippen molar-refractivity contribution >= 4 is 11.8 Å². The number of rotatable bonds is 7. The van der Waals surface area contributed by atoms with Crippen molar-refractivity contribution in [2.24, 2.45) is 5.73 Å². The fraction of sp³-hybridized carbons (Fsp3) is 0.692. The molecule has 1 saturated heterocycles. The fourth-order valence-corrected chi connectivity index (χ4v) is 3.06. The number of hydrogen-bond donors (Lipinski definition) is 4. The van der Waals surface area contributed by atoms with Crippen LogP contribution in [0.2, 0.25) is 0 Å². The van der Waals surface area contributed by atoms with Gasteiger partial charge < -0.3 is 25.8 Å². The highest BCUT2D eigenvalue weighted by Gasteiger charge is 2.45. The van der Waals surface area contributed by atoms with Gasteiger partial charge in [0.2, 0.25) is 0 Å². The number of thioether (sulfide) groups is 1. The van der Waals surface area contributed by atoms with E-state index in [1.165, 1.54) is 11.8 Å². The van der Waals surface area contributed by atoms with Crippen LogP contribution in [-0.2, 0) is 4.74 Å². The number of nitrogens with two attached hydrogens (primary N) is 1. The standard InChI is InChI=1S/C13H23NO4S/c1-3-5-7-19-13-11(17)9(15)10(16)12(18-13)8(14)6-4-2/h3-4,8-13,15-17H,1-2,5-7,14H2/t8-,9?,10?,11?,12?,13?/m1/s1. The molecule has 0 amide bonds. The van der Waals surface area contributed by atoms with Gasteiger partial charge >= 0.3 is 0 Å². The third-order valence-electron chi connectivity index (χ3n) is 3.07. The van der Waals surface area contributed by atoms with E-state index in [1.807, 2.05) is 0 Å². The minimum atomic E-state index is -1.25. The first-order chi connectivity index (χ1) is 9.02. The average molecular weight is 289 g/mol. The van der Waals surface area contributed by atoms with Crippen LogP contribution in [0.4, 0.5) is 0 Å². The van der Waals surface area contributed by atoms with Gasteiger partial charge in [0.1, 0.15) is 29.9 Å². The first-order valence-corrected chi connectivity index (χ1v) is 7.36. The van der Waals surface area contributed by atoms with Crippen LogP contribution in [0.5, 0.6) is 0 Å². The number of hydrogen-bond acceptors (Lipinski definition) is 6. The first-order valence-electron chi connectivity index (χ1n) is 6.31. The van der Waals surface area contributed by atoms with E-state index in [0.29, 0.717) is 6.42 Å². The van der Waals surface area contributed by atoms with Gasteiger partial charge in [-0.25, -0.2) is 0 Å². The molecule has 5 N–H and O–H groups in total. The van der Waals surface area contributed by atoms with Crippen LogP contribution in [0, 0.1) is 0 Å². The molecule has 0 aromatic carbocycles. The van der Waals surface area contributed by atoms with E-state index in [2.05, 4.69) is 13.2 Å². The molecule has 5 nitrogen and oxygen atoms in total.